The zero-order valence-electron chi connectivity index (χ0n) is 15.0. The summed E-state index contributed by atoms with van der Waals surface area (Å²) in [5.74, 6) is 0.571. The lowest BCUT2D eigenvalue weighted by Crippen LogP contribution is -2.16. The molecule has 0 fully saturated rings. The van der Waals surface area contributed by atoms with E-state index in [2.05, 4.69) is 24.2 Å². The van der Waals surface area contributed by atoms with Crippen molar-refractivity contribution in [2.45, 2.75) is 54.4 Å². The van der Waals surface area contributed by atoms with Crippen molar-refractivity contribution in [3.05, 3.63) is 40.1 Å². The van der Waals surface area contributed by atoms with Gasteiger partial charge in [-0.15, -0.1) is 0 Å². The van der Waals surface area contributed by atoms with Crippen LogP contribution in [0.25, 0.3) is 5.69 Å². The maximum Gasteiger partial charge on any atom is 0.171 e. The molecule has 0 spiro atoms. The van der Waals surface area contributed by atoms with Gasteiger partial charge in [-0.1, -0.05) is 31.5 Å². The summed E-state index contributed by atoms with van der Waals surface area (Å²) in [5, 5.41) is 4.57. The van der Waals surface area contributed by atoms with Crippen molar-refractivity contribution < 1.29 is 4.79 Å². The van der Waals surface area contributed by atoms with Gasteiger partial charge < -0.3 is 5.73 Å². The van der Waals surface area contributed by atoms with Crippen molar-refractivity contribution >= 4 is 11.6 Å². The van der Waals surface area contributed by atoms with Gasteiger partial charge in [-0.05, 0) is 51.7 Å². The number of hydrogen-bond acceptors (Lipinski definition) is 3. The Morgan fingerprint density at radius 3 is 2.13 bits per heavy atom. The highest BCUT2D eigenvalue weighted by Crippen LogP contribution is 2.29. The van der Waals surface area contributed by atoms with E-state index in [1.165, 1.54) is 5.56 Å². The Labute approximate surface area is 138 Å². The maximum absolute atomic E-state index is 12.8. The molecule has 0 amide bonds. The lowest BCUT2D eigenvalue weighted by atomic mass is 9.93. The standard InChI is InChI=1S/C19H27N3O/c1-7-15(8-2)18(23)16-14(6)21-22(19(16)20)17-12(4)9-11(3)10-13(17)5/h9-10,15H,7-8,20H2,1-6H3. The van der Waals surface area contributed by atoms with Gasteiger partial charge in [0.05, 0.1) is 16.9 Å². The molecule has 0 saturated heterocycles. The molecule has 124 valence electrons. The van der Waals surface area contributed by atoms with Crippen molar-refractivity contribution in [3.63, 3.8) is 0 Å². The molecule has 1 aromatic heterocycles. The highest BCUT2D eigenvalue weighted by atomic mass is 16.1. The molecule has 1 aromatic carbocycles. The second kappa shape index (κ2) is 6.57. The predicted molar refractivity (Wildman–Crippen MR) is 95.3 cm³/mol. The van der Waals surface area contributed by atoms with Gasteiger partial charge in [-0.3, -0.25) is 4.79 Å². The third kappa shape index (κ3) is 3.03. The van der Waals surface area contributed by atoms with Crippen LogP contribution < -0.4 is 5.73 Å². The van der Waals surface area contributed by atoms with Gasteiger partial charge in [0.25, 0.3) is 0 Å². The van der Waals surface area contributed by atoms with E-state index in [4.69, 9.17) is 5.73 Å². The SMILES string of the molecule is CCC(CC)C(=O)c1c(C)nn(-c2c(C)cc(C)cc2C)c1N. The summed E-state index contributed by atoms with van der Waals surface area (Å²) < 4.78 is 1.73. The van der Waals surface area contributed by atoms with Gasteiger partial charge >= 0.3 is 0 Å². The van der Waals surface area contributed by atoms with Crippen LogP contribution in [-0.4, -0.2) is 15.6 Å². The fraction of sp³-hybridized carbons (Fsp3) is 0.474. The average molecular weight is 313 g/mol. The summed E-state index contributed by atoms with van der Waals surface area (Å²) in [4.78, 5) is 12.8. The predicted octanol–water partition coefficient (Wildman–Crippen LogP) is 4.31. The number of nitrogens with zero attached hydrogens (tertiary/aromatic N) is 2. The number of aromatic nitrogens is 2. The molecular formula is C19H27N3O. The highest BCUT2D eigenvalue weighted by Gasteiger charge is 2.26. The van der Waals surface area contributed by atoms with E-state index in [9.17, 15) is 4.79 Å². The summed E-state index contributed by atoms with van der Waals surface area (Å²) in [6.07, 6.45) is 1.64. The topological polar surface area (TPSA) is 60.9 Å². The van der Waals surface area contributed by atoms with E-state index >= 15 is 0 Å². The Balaban J connectivity index is 2.61. The van der Waals surface area contributed by atoms with Crippen LogP contribution >= 0.6 is 0 Å². The van der Waals surface area contributed by atoms with Crippen LogP contribution in [0.1, 0.15) is 59.4 Å². The number of nitrogen functional groups attached to an aromatic ring is 1. The van der Waals surface area contributed by atoms with Crippen LogP contribution in [0.4, 0.5) is 5.82 Å². The molecule has 2 aromatic rings. The number of ketones is 1. The van der Waals surface area contributed by atoms with E-state index < -0.39 is 0 Å². The molecule has 23 heavy (non-hydrogen) atoms. The molecule has 0 radical (unpaired) electrons. The first kappa shape index (κ1) is 17.3. The van der Waals surface area contributed by atoms with Crippen LogP contribution in [0.2, 0.25) is 0 Å². The van der Waals surface area contributed by atoms with Gasteiger partial charge in [0.1, 0.15) is 5.82 Å². The Morgan fingerprint density at radius 1 is 1.13 bits per heavy atom. The second-order valence-electron chi connectivity index (χ2n) is 6.38. The Bertz CT molecular complexity index is 716. The van der Waals surface area contributed by atoms with Crippen LogP contribution in [0.15, 0.2) is 12.1 Å². The normalized spacial score (nSPS) is 11.3. The van der Waals surface area contributed by atoms with Crippen LogP contribution in [-0.2, 0) is 0 Å². The Kier molecular flexibility index (Phi) is 4.93. The summed E-state index contributed by atoms with van der Waals surface area (Å²) >= 11 is 0. The van der Waals surface area contributed by atoms with Crippen LogP contribution in [0, 0.1) is 33.6 Å². The van der Waals surface area contributed by atoms with Crippen molar-refractivity contribution in [2.75, 3.05) is 5.73 Å². The Hall–Kier alpha value is -2.10. The number of nitrogens with two attached hydrogens (primary N) is 1. The minimum Gasteiger partial charge on any atom is -0.383 e. The maximum atomic E-state index is 12.8. The summed E-state index contributed by atoms with van der Waals surface area (Å²) in [6.45, 7) is 12.1. The van der Waals surface area contributed by atoms with E-state index in [-0.39, 0.29) is 11.7 Å². The van der Waals surface area contributed by atoms with E-state index in [1.54, 1.807) is 4.68 Å². The lowest BCUT2D eigenvalue weighted by Gasteiger charge is -2.14. The summed E-state index contributed by atoms with van der Waals surface area (Å²) in [7, 11) is 0. The number of hydrogen-bond donors (Lipinski definition) is 1. The van der Waals surface area contributed by atoms with Crippen molar-refractivity contribution in [1.82, 2.24) is 9.78 Å². The highest BCUT2D eigenvalue weighted by molar-refractivity contribution is 6.03. The largest absolute Gasteiger partial charge is 0.383 e. The number of carbonyl (C=O) groups is 1. The van der Waals surface area contributed by atoms with Crippen LogP contribution in [0.5, 0.6) is 0 Å². The molecule has 0 aliphatic heterocycles. The van der Waals surface area contributed by atoms with Gasteiger partial charge in [-0.2, -0.15) is 5.10 Å². The zero-order chi connectivity index (χ0) is 17.3. The molecule has 0 atom stereocenters. The fourth-order valence-corrected chi connectivity index (χ4v) is 3.39. The molecule has 0 aliphatic carbocycles. The monoisotopic (exact) mass is 313 g/mol. The molecule has 4 nitrogen and oxygen atoms in total. The molecular weight excluding hydrogens is 286 g/mol. The molecule has 4 heteroatoms. The molecule has 0 bridgehead atoms. The summed E-state index contributed by atoms with van der Waals surface area (Å²) in [5.41, 5.74) is 12.0. The molecule has 0 aliphatic rings. The second-order valence-corrected chi connectivity index (χ2v) is 6.38. The first-order chi connectivity index (χ1) is 10.8. The number of rotatable bonds is 5. The average Bonchev–Trinajstić information content (AvgIpc) is 2.74. The van der Waals surface area contributed by atoms with Gasteiger partial charge in [-0.25, -0.2) is 4.68 Å². The fourth-order valence-electron chi connectivity index (χ4n) is 3.39. The van der Waals surface area contributed by atoms with Gasteiger partial charge in [0, 0.05) is 5.92 Å². The van der Waals surface area contributed by atoms with Gasteiger partial charge in [0.2, 0.25) is 0 Å². The summed E-state index contributed by atoms with van der Waals surface area (Å²) in [6, 6.07) is 4.22. The van der Waals surface area contributed by atoms with E-state index in [0.717, 1.165) is 29.7 Å². The minimum absolute atomic E-state index is 0.00821. The molecule has 2 rings (SSSR count). The number of Topliss-reactive ketones (excluding diaryl/α,β-unsaturated/α-hetero) is 1. The molecule has 1 heterocycles. The van der Waals surface area contributed by atoms with Crippen LogP contribution in [0.3, 0.4) is 0 Å². The molecule has 0 saturated carbocycles. The molecule has 0 unspecified atom stereocenters. The lowest BCUT2D eigenvalue weighted by molar-refractivity contribution is 0.0913. The minimum atomic E-state index is 0.00821. The number of carbonyl (C=O) groups excluding carboxylic acids is 1. The number of aryl methyl sites for hydroxylation is 4. The Morgan fingerprint density at radius 2 is 1.65 bits per heavy atom. The third-order valence-electron chi connectivity index (χ3n) is 4.55. The quantitative estimate of drug-likeness (QED) is 0.837. The van der Waals surface area contributed by atoms with Crippen molar-refractivity contribution in [3.8, 4) is 5.69 Å². The first-order valence-electron chi connectivity index (χ1n) is 8.29. The van der Waals surface area contributed by atoms with Crippen molar-refractivity contribution in [2.24, 2.45) is 5.92 Å². The molecule has 2 N–H and O–H groups in total. The van der Waals surface area contributed by atoms with Crippen molar-refractivity contribution in [1.29, 1.82) is 0 Å². The van der Waals surface area contributed by atoms with E-state index in [1.807, 2.05) is 34.6 Å². The van der Waals surface area contributed by atoms with Gasteiger partial charge in [0.15, 0.2) is 5.78 Å². The first-order valence-corrected chi connectivity index (χ1v) is 8.29. The number of benzene rings is 1. The number of anilines is 1. The smallest absolute Gasteiger partial charge is 0.171 e. The zero-order valence-corrected chi connectivity index (χ0v) is 15.0. The van der Waals surface area contributed by atoms with E-state index in [0.29, 0.717) is 17.1 Å². The third-order valence-corrected chi connectivity index (χ3v) is 4.55.